The van der Waals surface area contributed by atoms with Crippen LogP contribution in [0.1, 0.15) is 21.7 Å². The molecule has 7 nitrogen and oxygen atoms in total. The standard InChI is InChI=1S/C29H21ClF3N3O4S/c30-23-12-11-19(29(31,32)33)14-24(23)35-26(37)17-41-22-10-4-8-20(15-22)34-28(39)25(16-21-9-5-13-40-21)36-27(38)18-6-2-1-3-7-18/h1-16H,17H2,(H,34,39)(H,35,37)(H,36,38)/b25-16-. The molecule has 0 bridgehead atoms. The third-order valence-electron chi connectivity index (χ3n) is 5.39. The minimum atomic E-state index is -4.58. The van der Waals surface area contributed by atoms with Crippen LogP contribution in [0.15, 0.2) is 106 Å². The van der Waals surface area contributed by atoms with Gasteiger partial charge in [0, 0.05) is 22.2 Å². The van der Waals surface area contributed by atoms with Crippen molar-refractivity contribution in [1.82, 2.24) is 5.32 Å². The van der Waals surface area contributed by atoms with E-state index < -0.39 is 29.5 Å². The number of thioether (sulfide) groups is 1. The summed E-state index contributed by atoms with van der Waals surface area (Å²) in [5, 5.41) is 7.66. The summed E-state index contributed by atoms with van der Waals surface area (Å²) in [5.41, 5.74) is -0.422. The monoisotopic (exact) mass is 599 g/mol. The Morgan fingerprint density at radius 1 is 0.902 bits per heavy atom. The van der Waals surface area contributed by atoms with Gasteiger partial charge in [0.05, 0.1) is 28.3 Å². The minimum Gasteiger partial charge on any atom is -0.465 e. The smallest absolute Gasteiger partial charge is 0.416 e. The van der Waals surface area contributed by atoms with Gasteiger partial charge >= 0.3 is 6.18 Å². The van der Waals surface area contributed by atoms with Crippen LogP contribution in [-0.4, -0.2) is 23.5 Å². The number of carbonyl (C=O) groups is 3. The third-order valence-corrected chi connectivity index (χ3v) is 6.71. The summed E-state index contributed by atoms with van der Waals surface area (Å²) in [6, 6.07) is 20.9. The van der Waals surface area contributed by atoms with Crippen molar-refractivity contribution in [2.24, 2.45) is 0 Å². The number of carbonyl (C=O) groups excluding carboxylic acids is 3. The number of hydrogen-bond donors (Lipinski definition) is 3. The SMILES string of the molecule is O=C(CSc1cccc(NC(=O)/C(=C/c2ccco2)NC(=O)c2ccccc2)c1)Nc1cc(C(F)(F)F)ccc1Cl. The van der Waals surface area contributed by atoms with E-state index in [9.17, 15) is 27.6 Å². The van der Waals surface area contributed by atoms with Crippen LogP contribution < -0.4 is 16.0 Å². The Hall–Kier alpha value is -4.48. The van der Waals surface area contributed by atoms with Crippen molar-refractivity contribution in [3.8, 4) is 0 Å². The van der Waals surface area contributed by atoms with Crippen molar-refractivity contribution in [2.45, 2.75) is 11.1 Å². The number of anilines is 2. The second-order valence-electron chi connectivity index (χ2n) is 8.40. The quantitative estimate of drug-likeness (QED) is 0.141. The van der Waals surface area contributed by atoms with Gasteiger partial charge in [0.25, 0.3) is 11.8 Å². The second kappa shape index (κ2) is 13.2. The van der Waals surface area contributed by atoms with Crippen LogP contribution in [0.25, 0.3) is 6.08 Å². The summed E-state index contributed by atoms with van der Waals surface area (Å²) in [6.07, 6.45) is -1.77. The van der Waals surface area contributed by atoms with E-state index in [-0.39, 0.29) is 22.2 Å². The first-order chi connectivity index (χ1) is 19.6. The van der Waals surface area contributed by atoms with Crippen LogP contribution >= 0.6 is 23.4 Å². The number of alkyl halides is 3. The molecule has 4 aromatic rings. The van der Waals surface area contributed by atoms with E-state index in [1.54, 1.807) is 66.7 Å². The molecule has 0 fully saturated rings. The van der Waals surface area contributed by atoms with Gasteiger partial charge in [-0.05, 0) is 60.7 Å². The zero-order chi connectivity index (χ0) is 29.4. The second-order valence-corrected chi connectivity index (χ2v) is 9.86. The molecule has 0 unspecified atom stereocenters. The molecule has 3 amide bonds. The number of amides is 3. The van der Waals surface area contributed by atoms with Gasteiger partial charge in [0.15, 0.2) is 0 Å². The molecular weight excluding hydrogens is 579 g/mol. The molecule has 0 aliphatic carbocycles. The fraction of sp³-hybridized carbons (Fsp3) is 0.0690. The Bertz CT molecular complexity index is 1580. The van der Waals surface area contributed by atoms with Gasteiger partial charge in [0.1, 0.15) is 11.5 Å². The summed E-state index contributed by atoms with van der Waals surface area (Å²) < 4.78 is 44.3. The summed E-state index contributed by atoms with van der Waals surface area (Å²) in [4.78, 5) is 38.8. The Morgan fingerprint density at radius 2 is 1.68 bits per heavy atom. The molecule has 1 heterocycles. The van der Waals surface area contributed by atoms with Crippen molar-refractivity contribution >= 4 is 58.5 Å². The number of hydrogen-bond acceptors (Lipinski definition) is 5. The lowest BCUT2D eigenvalue weighted by Crippen LogP contribution is -2.30. The zero-order valence-corrected chi connectivity index (χ0v) is 22.6. The van der Waals surface area contributed by atoms with Crippen LogP contribution in [-0.2, 0) is 15.8 Å². The summed E-state index contributed by atoms with van der Waals surface area (Å²) >= 11 is 7.04. The van der Waals surface area contributed by atoms with Crippen molar-refractivity contribution < 1.29 is 32.0 Å². The predicted octanol–water partition coefficient (Wildman–Crippen LogP) is 7.09. The molecular formula is C29H21ClF3N3O4S. The lowest BCUT2D eigenvalue weighted by Gasteiger charge is -2.12. The van der Waals surface area contributed by atoms with Crippen molar-refractivity contribution in [3.05, 3.63) is 119 Å². The minimum absolute atomic E-state index is 0.0289. The average molecular weight is 600 g/mol. The van der Waals surface area contributed by atoms with Crippen LogP contribution in [0.5, 0.6) is 0 Å². The lowest BCUT2D eigenvalue weighted by molar-refractivity contribution is -0.137. The van der Waals surface area contributed by atoms with Gasteiger partial charge in [0.2, 0.25) is 5.91 Å². The molecule has 0 saturated heterocycles. The molecule has 1 aromatic heterocycles. The predicted molar refractivity (Wildman–Crippen MR) is 151 cm³/mol. The lowest BCUT2D eigenvalue weighted by atomic mass is 10.2. The molecule has 41 heavy (non-hydrogen) atoms. The molecule has 0 aliphatic rings. The number of furan rings is 1. The molecule has 210 valence electrons. The Balaban J connectivity index is 1.41. The number of rotatable bonds is 9. The summed E-state index contributed by atoms with van der Waals surface area (Å²) in [5.74, 6) is -1.47. The van der Waals surface area contributed by atoms with Crippen molar-refractivity contribution in [2.75, 3.05) is 16.4 Å². The first kappa shape index (κ1) is 29.5. The molecule has 0 aliphatic heterocycles. The van der Waals surface area contributed by atoms with Gasteiger partial charge in [-0.25, -0.2) is 0 Å². The van der Waals surface area contributed by atoms with Gasteiger partial charge in [-0.2, -0.15) is 13.2 Å². The van der Waals surface area contributed by atoms with Crippen LogP contribution in [0.4, 0.5) is 24.5 Å². The zero-order valence-electron chi connectivity index (χ0n) is 21.0. The van der Waals surface area contributed by atoms with E-state index >= 15 is 0 Å². The fourth-order valence-electron chi connectivity index (χ4n) is 3.45. The summed E-state index contributed by atoms with van der Waals surface area (Å²) in [7, 11) is 0. The topological polar surface area (TPSA) is 100 Å². The molecule has 0 spiro atoms. The van der Waals surface area contributed by atoms with E-state index in [4.69, 9.17) is 16.0 Å². The van der Waals surface area contributed by atoms with Gasteiger partial charge in [-0.1, -0.05) is 35.9 Å². The molecule has 12 heteroatoms. The molecule has 3 aromatic carbocycles. The maximum atomic E-state index is 13.1. The Kier molecular flexibility index (Phi) is 9.53. The first-order valence-corrected chi connectivity index (χ1v) is 13.3. The van der Waals surface area contributed by atoms with Gasteiger partial charge in [-0.15, -0.1) is 11.8 Å². The van der Waals surface area contributed by atoms with E-state index in [1.165, 1.54) is 12.3 Å². The first-order valence-electron chi connectivity index (χ1n) is 11.9. The van der Waals surface area contributed by atoms with Crippen LogP contribution in [0.2, 0.25) is 5.02 Å². The highest BCUT2D eigenvalue weighted by molar-refractivity contribution is 8.00. The highest BCUT2D eigenvalue weighted by Gasteiger charge is 2.31. The largest absolute Gasteiger partial charge is 0.465 e. The molecule has 0 saturated carbocycles. The van der Waals surface area contributed by atoms with Crippen molar-refractivity contribution in [1.29, 1.82) is 0 Å². The van der Waals surface area contributed by atoms with Crippen LogP contribution in [0, 0.1) is 0 Å². The molecule has 0 radical (unpaired) electrons. The summed E-state index contributed by atoms with van der Waals surface area (Å²) in [6.45, 7) is 0. The molecule has 0 atom stereocenters. The number of nitrogens with one attached hydrogen (secondary N) is 3. The van der Waals surface area contributed by atoms with Crippen LogP contribution in [0.3, 0.4) is 0 Å². The molecule has 4 rings (SSSR count). The average Bonchev–Trinajstić information content (AvgIpc) is 3.46. The fourth-order valence-corrected chi connectivity index (χ4v) is 4.37. The molecule has 3 N–H and O–H groups in total. The highest BCUT2D eigenvalue weighted by atomic mass is 35.5. The van der Waals surface area contributed by atoms with E-state index in [0.717, 1.165) is 30.0 Å². The maximum absolute atomic E-state index is 13.1. The Morgan fingerprint density at radius 3 is 2.39 bits per heavy atom. The maximum Gasteiger partial charge on any atom is 0.416 e. The van der Waals surface area contributed by atoms with E-state index in [2.05, 4.69) is 16.0 Å². The van der Waals surface area contributed by atoms with Gasteiger partial charge < -0.3 is 20.4 Å². The number of benzene rings is 3. The van der Waals surface area contributed by atoms with E-state index in [1.807, 2.05) is 0 Å². The normalized spacial score (nSPS) is 11.6. The number of halogens is 4. The van der Waals surface area contributed by atoms with Gasteiger partial charge in [-0.3, -0.25) is 14.4 Å². The van der Waals surface area contributed by atoms with Crippen molar-refractivity contribution in [3.63, 3.8) is 0 Å². The Labute approximate surface area is 241 Å². The van der Waals surface area contributed by atoms with E-state index in [0.29, 0.717) is 21.9 Å². The third kappa shape index (κ3) is 8.50. The highest BCUT2D eigenvalue weighted by Crippen LogP contribution is 2.34.